The van der Waals surface area contributed by atoms with Gasteiger partial charge in [0.25, 0.3) is 5.91 Å². The molecule has 0 atom stereocenters. The van der Waals surface area contributed by atoms with E-state index >= 15 is 0 Å². The Bertz CT molecular complexity index is 623. The van der Waals surface area contributed by atoms with Gasteiger partial charge in [0.1, 0.15) is 10.7 Å². The number of carbonyl (C=O) groups is 1. The summed E-state index contributed by atoms with van der Waals surface area (Å²) in [7, 11) is 3.72. The first-order chi connectivity index (χ1) is 9.49. The predicted octanol–water partition coefficient (Wildman–Crippen LogP) is 1.42. The molecule has 1 amide bonds. The van der Waals surface area contributed by atoms with E-state index in [0.29, 0.717) is 16.6 Å². The van der Waals surface area contributed by atoms with Crippen LogP contribution in [0.3, 0.4) is 0 Å². The summed E-state index contributed by atoms with van der Waals surface area (Å²) in [6, 6.07) is 1.89. The second kappa shape index (κ2) is 5.87. The van der Waals surface area contributed by atoms with E-state index in [1.165, 1.54) is 11.3 Å². The van der Waals surface area contributed by atoms with Gasteiger partial charge in [-0.3, -0.25) is 9.78 Å². The lowest BCUT2D eigenvalue weighted by Gasteiger charge is -2.06. The molecule has 2 rings (SSSR count). The molecule has 2 aromatic heterocycles. The number of carbonyl (C=O) groups excluding carboxylic acids is 1. The third-order valence-corrected chi connectivity index (χ3v) is 4.04. The lowest BCUT2D eigenvalue weighted by Crippen LogP contribution is -2.23. The molecular formula is C13H17N5OS. The highest BCUT2D eigenvalue weighted by molar-refractivity contribution is 7.18. The van der Waals surface area contributed by atoms with Crippen LogP contribution in [0, 0.1) is 6.92 Å². The van der Waals surface area contributed by atoms with Gasteiger partial charge in [0.2, 0.25) is 0 Å². The van der Waals surface area contributed by atoms with Crippen LogP contribution in [0.4, 0.5) is 10.9 Å². The Morgan fingerprint density at radius 1 is 1.50 bits per heavy atom. The van der Waals surface area contributed by atoms with Crippen molar-refractivity contribution in [3.05, 3.63) is 34.5 Å². The highest BCUT2D eigenvalue weighted by Gasteiger charge is 2.16. The number of pyridine rings is 1. The summed E-state index contributed by atoms with van der Waals surface area (Å²) >= 11 is 1.28. The van der Waals surface area contributed by atoms with Crippen molar-refractivity contribution in [2.45, 2.75) is 13.5 Å². The molecule has 0 saturated carbocycles. The number of nitrogens with one attached hydrogen (secondary N) is 1. The maximum Gasteiger partial charge on any atom is 0.265 e. The van der Waals surface area contributed by atoms with Crippen molar-refractivity contribution >= 4 is 28.2 Å². The van der Waals surface area contributed by atoms with E-state index in [0.717, 1.165) is 11.1 Å². The summed E-state index contributed by atoms with van der Waals surface area (Å²) in [5.74, 6) is 0.0620. The van der Waals surface area contributed by atoms with Crippen LogP contribution in [0.2, 0.25) is 0 Å². The van der Waals surface area contributed by atoms with Crippen LogP contribution in [0.25, 0.3) is 0 Å². The molecule has 0 aromatic carbocycles. The van der Waals surface area contributed by atoms with Gasteiger partial charge in [-0.1, -0.05) is 11.3 Å². The van der Waals surface area contributed by atoms with Crippen LogP contribution in [0.1, 0.15) is 20.8 Å². The third kappa shape index (κ3) is 3.05. The molecule has 2 aromatic rings. The first-order valence-corrected chi connectivity index (χ1v) is 6.92. The SMILES string of the molecule is Cc1cnccc1CNC(=O)c1sc(N(C)C)nc1N. The Labute approximate surface area is 121 Å². The number of aryl methyl sites for hydroxylation is 1. The monoisotopic (exact) mass is 291 g/mol. The molecule has 2 heterocycles. The van der Waals surface area contributed by atoms with Gasteiger partial charge in [0, 0.05) is 33.0 Å². The van der Waals surface area contributed by atoms with Gasteiger partial charge in [-0.15, -0.1) is 0 Å². The molecule has 7 heteroatoms. The van der Waals surface area contributed by atoms with E-state index in [-0.39, 0.29) is 11.7 Å². The molecule has 0 aliphatic heterocycles. The minimum Gasteiger partial charge on any atom is -0.382 e. The van der Waals surface area contributed by atoms with E-state index in [4.69, 9.17) is 5.73 Å². The lowest BCUT2D eigenvalue weighted by molar-refractivity contribution is 0.0955. The number of hydrogen-bond acceptors (Lipinski definition) is 6. The highest BCUT2D eigenvalue weighted by Crippen LogP contribution is 2.26. The van der Waals surface area contributed by atoms with Crippen LogP contribution in [0.15, 0.2) is 18.5 Å². The quantitative estimate of drug-likeness (QED) is 0.890. The van der Waals surface area contributed by atoms with E-state index < -0.39 is 0 Å². The smallest absolute Gasteiger partial charge is 0.265 e. The predicted molar refractivity (Wildman–Crippen MR) is 81.0 cm³/mol. The van der Waals surface area contributed by atoms with Crippen molar-refractivity contribution in [2.75, 3.05) is 24.7 Å². The van der Waals surface area contributed by atoms with Crippen LogP contribution in [-0.4, -0.2) is 30.0 Å². The lowest BCUT2D eigenvalue weighted by atomic mass is 10.1. The Kier molecular flexibility index (Phi) is 4.19. The Balaban J connectivity index is 2.07. The zero-order valence-corrected chi connectivity index (χ0v) is 12.5. The number of aromatic nitrogens is 2. The molecule has 0 radical (unpaired) electrons. The van der Waals surface area contributed by atoms with Crippen molar-refractivity contribution in [1.29, 1.82) is 0 Å². The van der Waals surface area contributed by atoms with Crippen LogP contribution in [0.5, 0.6) is 0 Å². The van der Waals surface area contributed by atoms with Crippen molar-refractivity contribution < 1.29 is 4.79 Å². The van der Waals surface area contributed by atoms with Crippen molar-refractivity contribution in [2.24, 2.45) is 0 Å². The summed E-state index contributed by atoms with van der Waals surface area (Å²) in [5.41, 5.74) is 7.85. The van der Waals surface area contributed by atoms with Gasteiger partial charge in [-0.05, 0) is 24.1 Å². The molecule has 0 spiro atoms. The Hall–Kier alpha value is -2.15. The molecule has 3 N–H and O–H groups in total. The molecule has 0 saturated heterocycles. The number of hydrogen-bond donors (Lipinski definition) is 2. The van der Waals surface area contributed by atoms with Gasteiger partial charge >= 0.3 is 0 Å². The Morgan fingerprint density at radius 3 is 2.85 bits per heavy atom. The van der Waals surface area contributed by atoms with Crippen LogP contribution >= 0.6 is 11.3 Å². The first-order valence-electron chi connectivity index (χ1n) is 6.10. The fraction of sp³-hybridized carbons (Fsp3) is 0.308. The van der Waals surface area contributed by atoms with Gasteiger partial charge in [-0.25, -0.2) is 4.98 Å². The zero-order valence-electron chi connectivity index (χ0n) is 11.7. The standard InChI is InChI=1S/C13H17N5OS/c1-8-6-15-5-4-9(8)7-16-12(19)10-11(14)17-13(20-10)18(2)3/h4-6H,7,14H2,1-3H3,(H,16,19). The number of anilines is 2. The molecule has 0 fully saturated rings. The largest absolute Gasteiger partial charge is 0.382 e. The first kappa shape index (κ1) is 14.3. The summed E-state index contributed by atoms with van der Waals surface area (Å²) < 4.78 is 0. The summed E-state index contributed by atoms with van der Waals surface area (Å²) in [6.07, 6.45) is 3.48. The topological polar surface area (TPSA) is 84.1 Å². The maximum absolute atomic E-state index is 12.1. The molecule has 0 bridgehead atoms. The van der Waals surface area contributed by atoms with Gasteiger partial charge in [-0.2, -0.15) is 0 Å². The summed E-state index contributed by atoms with van der Waals surface area (Å²) in [4.78, 5) is 22.6. The second-order valence-corrected chi connectivity index (χ2v) is 5.57. The molecule has 0 unspecified atom stereocenters. The third-order valence-electron chi connectivity index (χ3n) is 2.81. The van der Waals surface area contributed by atoms with Crippen LogP contribution < -0.4 is 16.0 Å². The average Bonchev–Trinajstić information content (AvgIpc) is 2.80. The second-order valence-electron chi connectivity index (χ2n) is 4.59. The normalized spacial score (nSPS) is 10.3. The number of amides is 1. The van der Waals surface area contributed by atoms with E-state index in [1.807, 2.05) is 32.0 Å². The average molecular weight is 291 g/mol. The maximum atomic E-state index is 12.1. The van der Waals surface area contributed by atoms with Crippen molar-refractivity contribution in [3.8, 4) is 0 Å². The summed E-state index contributed by atoms with van der Waals surface area (Å²) in [5, 5.41) is 3.57. The number of nitrogen functional groups attached to an aromatic ring is 1. The minimum atomic E-state index is -0.204. The van der Waals surface area contributed by atoms with E-state index in [9.17, 15) is 4.79 Å². The van der Waals surface area contributed by atoms with E-state index in [1.54, 1.807) is 12.4 Å². The number of rotatable bonds is 4. The fourth-order valence-electron chi connectivity index (χ4n) is 1.63. The number of nitrogens with two attached hydrogens (primary N) is 1. The highest BCUT2D eigenvalue weighted by atomic mass is 32.1. The molecule has 0 aliphatic carbocycles. The van der Waals surface area contributed by atoms with Crippen LogP contribution in [-0.2, 0) is 6.54 Å². The Morgan fingerprint density at radius 2 is 2.25 bits per heavy atom. The van der Waals surface area contributed by atoms with E-state index in [2.05, 4.69) is 15.3 Å². The fourth-order valence-corrected chi connectivity index (χ4v) is 2.45. The molecule has 6 nitrogen and oxygen atoms in total. The molecule has 106 valence electrons. The molecule has 0 aliphatic rings. The van der Waals surface area contributed by atoms with Gasteiger partial charge < -0.3 is 16.0 Å². The zero-order chi connectivity index (χ0) is 14.7. The molecule has 20 heavy (non-hydrogen) atoms. The summed E-state index contributed by atoms with van der Waals surface area (Å²) in [6.45, 7) is 2.40. The number of nitrogens with zero attached hydrogens (tertiary/aromatic N) is 3. The van der Waals surface area contributed by atoms with Crippen molar-refractivity contribution in [3.63, 3.8) is 0 Å². The molecular weight excluding hydrogens is 274 g/mol. The number of thiazole rings is 1. The van der Waals surface area contributed by atoms with Gasteiger partial charge in [0.15, 0.2) is 5.13 Å². The van der Waals surface area contributed by atoms with Gasteiger partial charge in [0.05, 0.1) is 0 Å². The van der Waals surface area contributed by atoms with Crippen molar-refractivity contribution in [1.82, 2.24) is 15.3 Å². The minimum absolute atomic E-state index is 0.204.